The lowest BCUT2D eigenvalue weighted by molar-refractivity contribution is 0.156. The van der Waals surface area contributed by atoms with Gasteiger partial charge in [-0.05, 0) is 18.9 Å². The van der Waals surface area contributed by atoms with E-state index in [-0.39, 0.29) is 24.0 Å². The smallest absolute Gasteiger partial charge is 0.213 e. The molecule has 1 spiro atoms. The predicted octanol–water partition coefficient (Wildman–Crippen LogP) is 1.90. The van der Waals surface area contributed by atoms with E-state index >= 15 is 0 Å². The van der Waals surface area contributed by atoms with Crippen molar-refractivity contribution in [2.24, 2.45) is 10.4 Å². The maximum atomic E-state index is 5.59. The van der Waals surface area contributed by atoms with E-state index in [1.807, 2.05) is 25.2 Å². The number of aliphatic imine (C=N–C) groups is 1. The summed E-state index contributed by atoms with van der Waals surface area (Å²) in [6.07, 6.45) is 2.35. The van der Waals surface area contributed by atoms with Gasteiger partial charge in [-0.15, -0.1) is 24.0 Å². The molecule has 0 saturated carbocycles. The number of hydrogen-bond donors (Lipinski definition) is 1. The summed E-state index contributed by atoms with van der Waals surface area (Å²) in [6.45, 7) is 4.49. The van der Waals surface area contributed by atoms with Gasteiger partial charge in [0.05, 0.1) is 26.0 Å². The van der Waals surface area contributed by atoms with Crippen LogP contribution in [0.3, 0.4) is 0 Å². The van der Waals surface area contributed by atoms with E-state index in [1.165, 1.54) is 6.42 Å². The summed E-state index contributed by atoms with van der Waals surface area (Å²) in [6, 6.07) is 5.79. The van der Waals surface area contributed by atoms with Crippen LogP contribution >= 0.6 is 24.0 Å². The Kier molecular flexibility index (Phi) is 6.46. The molecule has 0 radical (unpaired) electrons. The molecule has 6 nitrogen and oxygen atoms in total. The van der Waals surface area contributed by atoms with Gasteiger partial charge < -0.3 is 19.7 Å². The fraction of sp³-hybridized carbons (Fsp3) is 0.625. The van der Waals surface area contributed by atoms with Crippen molar-refractivity contribution in [2.45, 2.75) is 19.4 Å². The average Bonchev–Trinajstić information content (AvgIpc) is 3.19. The SMILES string of the molecule is CN=C(NCc1cccc(OC)n1)N1CCC2(CCOC2)C1.I. The van der Waals surface area contributed by atoms with Gasteiger partial charge in [0.15, 0.2) is 5.96 Å². The van der Waals surface area contributed by atoms with Crippen LogP contribution in [0, 0.1) is 5.41 Å². The summed E-state index contributed by atoms with van der Waals surface area (Å²) < 4.78 is 10.7. The maximum Gasteiger partial charge on any atom is 0.213 e. The predicted molar refractivity (Wildman–Crippen MR) is 100 cm³/mol. The van der Waals surface area contributed by atoms with Crippen LogP contribution in [0.5, 0.6) is 5.88 Å². The molecule has 3 heterocycles. The van der Waals surface area contributed by atoms with E-state index in [4.69, 9.17) is 9.47 Å². The van der Waals surface area contributed by atoms with Crippen molar-refractivity contribution in [2.75, 3.05) is 40.5 Å². The van der Waals surface area contributed by atoms with Crippen molar-refractivity contribution < 1.29 is 9.47 Å². The summed E-state index contributed by atoms with van der Waals surface area (Å²) in [5.74, 6) is 1.57. The first-order chi connectivity index (χ1) is 10.7. The standard InChI is InChI=1S/C16H24N4O2.HI/c1-17-15(18-10-13-4-3-5-14(19-13)21-2)20-8-6-16(11-20)7-9-22-12-16;/h3-5H,6-12H2,1-2H3,(H,17,18);1H. The van der Waals surface area contributed by atoms with E-state index in [1.54, 1.807) is 7.11 Å². The van der Waals surface area contributed by atoms with Gasteiger partial charge in [-0.25, -0.2) is 4.98 Å². The molecular weight excluding hydrogens is 407 g/mol. The summed E-state index contributed by atoms with van der Waals surface area (Å²) in [5.41, 5.74) is 1.28. The molecule has 0 amide bonds. The maximum absolute atomic E-state index is 5.59. The van der Waals surface area contributed by atoms with E-state index < -0.39 is 0 Å². The summed E-state index contributed by atoms with van der Waals surface area (Å²) >= 11 is 0. The fourth-order valence-corrected chi connectivity index (χ4v) is 3.26. The Bertz CT molecular complexity index is 547. The molecule has 0 aromatic carbocycles. The van der Waals surface area contributed by atoms with Crippen molar-refractivity contribution in [1.82, 2.24) is 15.2 Å². The van der Waals surface area contributed by atoms with Crippen LogP contribution in [0.15, 0.2) is 23.2 Å². The number of nitrogens with one attached hydrogen (secondary N) is 1. The quantitative estimate of drug-likeness (QED) is 0.449. The van der Waals surface area contributed by atoms with E-state index in [0.29, 0.717) is 17.8 Å². The molecule has 2 saturated heterocycles. The first-order valence-corrected chi connectivity index (χ1v) is 7.78. The van der Waals surface area contributed by atoms with Crippen LogP contribution in [0.1, 0.15) is 18.5 Å². The molecule has 1 unspecified atom stereocenters. The second kappa shape index (κ2) is 8.14. The molecule has 1 N–H and O–H groups in total. The first-order valence-electron chi connectivity index (χ1n) is 7.78. The van der Waals surface area contributed by atoms with Crippen molar-refractivity contribution >= 4 is 29.9 Å². The van der Waals surface area contributed by atoms with Crippen LogP contribution in [-0.2, 0) is 11.3 Å². The number of aromatic nitrogens is 1. The van der Waals surface area contributed by atoms with Crippen molar-refractivity contribution in [1.29, 1.82) is 0 Å². The Hall–Kier alpha value is -1.09. The Morgan fingerprint density at radius 1 is 1.48 bits per heavy atom. The second-order valence-electron chi connectivity index (χ2n) is 6.05. The zero-order chi connectivity index (χ0) is 15.4. The lowest BCUT2D eigenvalue weighted by Gasteiger charge is -2.24. The first kappa shape index (κ1) is 18.3. The molecule has 1 atom stereocenters. The van der Waals surface area contributed by atoms with Gasteiger partial charge in [-0.3, -0.25) is 4.99 Å². The number of guanidine groups is 1. The highest BCUT2D eigenvalue weighted by Crippen LogP contribution is 2.38. The highest BCUT2D eigenvalue weighted by molar-refractivity contribution is 14.0. The van der Waals surface area contributed by atoms with Crippen LogP contribution in [0.4, 0.5) is 0 Å². The lowest BCUT2D eigenvalue weighted by atomic mass is 9.87. The highest BCUT2D eigenvalue weighted by atomic mass is 127. The van der Waals surface area contributed by atoms with E-state index in [0.717, 1.165) is 44.4 Å². The fourth-order valence-electron chi connectivity index (χ4n) is 3.26. The molecular formula is C16H25IN4O2. The molecule has 2 aliphatic rings. The van der Waals surface area contributed by atoms with Gasteiger partial charge in [-0.1, -0.05) is 6.07 Å². The topological polar surface area (TPSA) is 59.0 Å². The zero-order valence-electron chi connectivity index (χ0n) is 13.7. The number of pyridine rings is 1. The number of methoxy groups -OCH3 is 1. The van der Waals surface area contributed by atoms with Crippen molar-refractivity contribution in [3.8, 4) is 5.88 Å². The number of halogens is 1. The molecule has 7 heteroatoms. The minimum atomic E-state index is 0. The molecule has 23 heavy (non-hydrogen) atoms. The molecule has 128 valence electrons. The minimum absolute atomic E-state index is 0. The molecule has 1 aromatic heterocycles. The summed E-state index contributed by atoms with van der Waals surface area (Å²) in [5, 5.41) is 3.40. The molecule has 1 aromatic rings. The van der Waals surface area contributed by atoms with Crippen LogP contribution in [0.25, 0.3) is 0 Å². The minimum Gasteiger partial charge on any atom is -0.481 e. The molecule has 2 aliphatic heterocycles. The van der Waals surface area contributed by atoms with Gasteiger partial charge >= 0.3 is 0 Å². The van der Waals surface area contributed by atoms with Crippen LogP contribution in [0.2, 0.25) is 0 Å². The molecule has 3 rings (SSSR count). The van der Waals surface area contributed by atoms with Gasteiger partial charge in [0.25, 0.3) is 0 Å². The number of ether oxygens (including phenoxy) is 2. The third-order valence-electron chi connectivity index (χ3n) is 4.55. The summed E-state index contributed by atoms with van der Waals surface area (Å²) in [7, 11) is 3.46. The Morgan fingerprint density at radius 2 is 2.35 bits per heavy atom. The third kappa shape index (κ3) is 4.26. The van der Waals surface area contributed by atoms with Gasteiger partial charge in [0, 0.05) is 38.2 Å². The van der Waals surface area contributed by atoms with Crippen molar-refractivity contribution in [3.05, 3.63) is 23.9 Å². The van der Waals surface area contributed by atoms with Crippen LogP contribution < -0.4 is 10.1 Å². The molecule has 0 aliphatic carbocycles. The van der Waals surface area contributed by atoms with Crippen molar-refractivity contribution in [3.63, 3.8) is 0 Å². The average molecular weight is 432 g/mol. The molecule has 0 bridgehead atoms. The van der Waals surface area contributed by atoms with Gasteiger partial charge in [0.2, 0.25) is 5.88 Å². The normalized spacial score (nSPS) is 23.9. The zero-order valence-corrected chi connectivity index (χ0v) is 16.1. The monoisotopic (exact) mass is 432 g/mol. The van der Waals surface area contributed by atoms with E-state index in [2.05, 4.69) is 20.2 Å². The van der Waals surface area contributed by atoms with Crippen LogP contribution in [-0.4, -0.2) is 56.3 Å². The van der Waals surface area contributed by atoms with E-state index in [9.17, 15) is 0 Å². The Labute approximate surface area is 154 Å². The van der Waals surface area contributed by atoms with Gasteiger partial charge in [-0.2, -0.15) is 0 Å². The third-order valence-corrected chi connectivity index (χ3v) is 4.55. The number of hydrogen-bond acceptors (Lipinski definition) is 4. The Balaban J connectivity index is 0.00000192. The molecule has 2 fully saturated rings. The number of nitrogens with zero attached hydrogens (tertiary/aromatic N) is 3. The Morgan fingerprint density at radius 3 is 3.04 bits per heavy atom. The second-order valence-corrected chi connectivity index (χ2v) is 6.05. The summed E-state index contributed by atoms with van der Waals surface area (Å²) in [4.78, 5) is 11.2. The number of likely N-dealkylation sites (tertiary alicyclic amines) is 1. The highest BCUT2D eigenvalue weighted by Gasteiger charge is 2.42. The number of rotatable bonds is 3. The lowest BCUT2D eigenvalue weighted by Crippen LogP contribution is -2.41. The largest absolute Gasteiger partial charge is 0.481 e. The van der Waals surface area contributed by atoms with Gasteiger partial charge in [0.1, 0.15) is 0 Å².